The fourth-order valence-electron chi connectivity index (χ4n) is 10.4. The maximum Gasteiger partial charge on any atom is 0.297 e. The van der Waals surface area contributed by atoms with E-state index in [9.17, 15) is 14.7 Å². The van der Waals surface area contributed by atoms with Gasteiger partial charge in [-0.05, 0) is 89.8 Å². The minimum atomic E-state index is -2.54. The summed E-state index contributed by atoms with van der Waals surface area (Å²) in [7, 11) is 2.05. The van der Waals surface area contributed by atoms with Crippen molar-refractivity contribution in [2.45, 2.75) is 62.7 Å². The third-order valence-electron chi connectivity index (χ3n) is 13.9. The Morgan fingerprint density at radius 1 is 0.776 bits per heavy atom. The molecule has 1 unspecified atom stereocenters. The molecule has 1 N–H and O–H groups in total. The molecule has 7 aromatic rings. The van der Waals surface area contributed by atoms with Crippen molar-refractivity contribution in [1.29, 1.82) is 0 Å². The topological polar surface area (TPSA) is 152 Å². The first-order chi connectivity index (χ1) is 32.4. The summed E-state index contributed by atoms with van der Waals surface area (Å²) in [5, 5.41) is 20.6. The molecule has 5 heterocycles. The second-order valence-electron chi connectivity index (χ2n) is 17.8. The van der Waals surface area contributed by atoms with Crippen LogP contribution >= 0.6 is 0 Å². The number of aromatic nitrogens is 5. The summed E-state index contributed by atoms with van der Waals surface area (Å²) < 4.78 is 28.6. The van der Waals surface area contributed by atoms with Crippen LogP contribution in [0.2, 0.25) is 18.6 Å². The molecular weight excluding hydrogens is 865 g/mol. The number of carbonyl (C=O) groups excluding carboxylic acids is 1. The Balaban J connectivity index is 1.13. The summed E-state index contributed by atoms with van der Waals surface area (Å²) in [5.41, 5.74) is 2.91. The average Bonchev–Trinajstić information content (AvgIpc) is 4.01. The molecule has 5 atom stereocenters. The van der Waals surface area contributed by atoms with Gasteiger partial charge >= 0.3 is 0 Å². The van der Waals surface area contributed by atoms with E-state index < -0.39 is 19.8 Å². The van der Waals surface area contributed by atoms with E-state index in [4.69, 9.17) is 18.9 Å². The van der Waals surface area contributed by atoms with Gasteiger partial charge in [0.05, 0.1) is 66.0 Å². The van der Waals surface area contributed by atoms with Crippen LogP contribution in [-0.2, 0) is 28.2 Å². The maximum atomic E-state index is 15.8. The van der Waals surface area contributed by atoms with Crippen molar-refractivity contribution in [3.05, 3.63) is 183 Å². The SMILES string of the molecule is COc1ccc([Si](C)(C)[C@@H]2[C@@H](CCn3cc(C(CO)c4ccccc4)nn3)O[C@]3(C(=O)N(Cc4ccc(-n5cccc(OC)c5=O)cc4)c4ccc(-n5cccc(OC)c5=O)cc43)[C@H]2C)cc1. The number of nitrogens with zero attached hydrogens (tertiary/aromatic N) is 6. The van der Waals surface area contributed by atoms with Gasteiger partial charge in [0.15, 0.2) is 17.1 Å². The lowest BCUT2D eigenvalue weighted by Gasteiger charge is -2.37. The van der Waals surface area contributed by atoms with E-state index in [2.05, 4.69) is 42.5 Å². The standard InChI is InChI=1S/C52H54N6O8Si/c1-34-48(67(5,6)40-23-21-39(63-2)22-24-40)45(26-29-55-32-43(53-54-55)41(33-59)36-12-8-7-9-13-36)66-52(34)42-30-38(57-28-11-15-47(65-4)50(57)61)20-25-44(42)58(51(52)62)31-35-16-18-37(19-17-35)56-27-10-14-46(64-3)49(56)60/h7-25,27-28,30,32,34,41,45,48,59H,26,29,31,33H2,1-6H3/t34-,41?,45+,48-,52+/m0/s1. The zero-order chi connectivity index (χ0) is 47.0. The highest BCUT2D eigenvalue weighted by Gasteiger charge is 2.66. The molecule has 344 valence electrons. The highest BCUT2D eigenvalue weighted by molar-refractivity contribution is 6.91. The first-order valence-corrected chi connectivity index (χ1v) is 25.5. The number of anilines is 1. The van der Waals surface area contributed by atoms with Gasteiger partial charge in [-0.25, -0.2) is 0 Å². The maximum absolute atomic E-state index is 15.8. The summed E-state index contributed by atoms with van der Waals surface area (Å²) >= 11 is 0. The van der Waals surface area contributed by atoms with E-state index in [0.717, 1.165) is 16.9 Å². The monoisotopic (exact) mass is 918 g/mol. The smallest absolute Gasteiger partial charge is 0.297 e. The third kappa shape index (κ3) is 7.96. The number of hydrogen-bond donors (Lipinski definition) is 1. The van der Waals surface area contributed by atoms with Crippen LogP contribution in [0.15, 0.2) is 150 Å². The highest BCUT2D eigenvalue weighted by atomic mass is 28.3. The van der Waals surface area contributed by atoms with Crippen molar-refractivity contribution in [1.82, 2.24) is 24.1 Å². The second kappa shape index (κ2) is 18.3. The minimum Gasteiger partial charge on any atom is -0.497 e. The van der Waals surface area contributed by atoms with E-state index in [1.807, 2.05) is 91.1 Å². The Kier molecular flexibility index (Phi) is 12.3. The number of aliphatic hydroxyl groups excluding tert-OH is 1. The molecule has 4 aromatic carbocycles. The van der Waals surface area contributed by atoms with E-state index in [1.54, 1.807) is 53.4 Å². The lowest BCUT2D eigenvalue weighted by molar-refractivity contribution is -0.146. The minimum absolute atomic E-state index is 0.0844. The predicted octanol–water partition coefficient (Wildman–Crippen LogP) is 6.58. The van der Waals surface area contributed by atoms with E-state index in [1.165, 1.54) is 28.5 Å². The van der Waals surface area contributed by atoms with Crippen LogP contribution in [0.25, 0.3) is 11.4 Å². The Hall–Kier alpha value is -7.07. The van der Waals surface area contributed by atoms with Crippen LogP contribution in [0.1, 0.15) is 41.6 Å². The number of ether oxygens (including phenoxy) is 4. The number of fused-ring (bicyclic) bond motifs is 2. The molecule has 15 heteroatoms. The quantitative estimate of drug-likeness (QED) is 0.112. The predicted molar refractivity (Wildman–Crippen MR) is 258 cm³/mol. The number of benzene rings is 4. The molecule has 9 rings (SSSR count). The molecule has 1 amide bonds. The largest absolute Gasteiger partial charge is 0.497 e. The Morgan fingerprint density at radius 2 is 1.42 bits per heavy atom. The van der Waals surface area contributed by atoms with Crippen molar-refractivity contribution in [3.63, 3.8) is 0 Å². The van der Waals surface area contributed by atoms with Crippen LogP contribution in [0.5, 0.6) is 17.2 Å². The van der Waals surface area contributed by atoms with Gasteiger partial charge in [-0.2, -0.15) is 0 Å². The van der Waals surface area contributed by atoms with Crippen LogP contribution in [0, 0.1) is 5.92 Å². The van der Waals surface area contributed by atoms with Crippen molar-refractivity contribution >= 4 is 24.9 Å². The summed E-state index contributed by atoms with van der Waals surface area (Å²) in [6, 6.07) is 38.0. The van der Waals surface area contributed by atoms with Gasteiger partial charge in [0.25, 0.3) is 17.0 Å². The molecule has 67 heavy (non-hydrogen) atoms. The summed E-state index contributed by atoms with van der Waals surface area (Å²) in [6.07, 6.45) is 5.38. The fraction of sp³-hybridized carbons (Fsp3) is 0.288. The second-order valence-corrected chi connectivity index (χ2v) is 22.4. The normalized spacial score (nSPS) is 19.4. The number of carbonyl (C=O) groups is 1. The van der Waals surface area contributed by atoms with E-state index in [0.29, 0.717) is 41.3 Å². The third-order valence-corrected chi connectivity index (χ3v) is 18.2. The van der Waals surface area contributed by atoms with Gasteiger partial charge in [-0.15, -0.1) is 5.10 Å². The first kappa shape index (κ1) is 45.1. The lowest BCUT2D eigenvalue weighted by atomic mass is 9.82. The molecule has 1 fully saturated rings. The number of hydrogen-bond acceptors (Lipinski definition) is 10. The van der Waals surface area contributed by atoms with Gasteiger partial charge in [-0.3, -0.25) is 28.2 Å². The van der Waals surface area contributed by atoms with E-state index in [-0.39, 0.29) is 59.1 Å². The number of methoxy groups -OCH3 is 3. The fourth-order valence-corrected chi connectivity index (χ4v) is 14.4. The number of aryl methyl sites for hydroxylation is 1. The molecule has 0 bridgehead atoms. The van der Waals surface area contributed by atoms with Gasteiger partial charge in [0, 0.05) is 48.0 Å². The average molecular weight is 919 g/mol. The molecule has 0 radical (unpaired) electrons. The summed E-state index contributed by atoms with van der Waals surface area (Å²) in [4.78, 5) is 44.4. The van der Waals surface area contributed by atoms with Crippen molar-refractivity contribution in [2.75, 3.05) is 32.8 Å². The molecular formula is C52H54N6O8Si. The molecule has 2 aliphatic rings. The molecule has 14 nitrogen and oxygen atoms in total. The Morgan fingerprint density at radius 3 is 2.04 bits per heavy atom. The van der Waals surface area contributed by atoms with Crippen LogP contribution in [0.4, 0.5) is 5.69 Å². The summed E-state index contributed by atoms with van der Waals surface area (Å²) in [5.74, 6) is 0.327. The molecule has 1 spiro atoms. The summed E-state index contributed by atoms with van der Waals surface area (Å²) in [6.45, 7) is 7.36. The van der Waals surface area contributed by atoms with Gasteiger partial charge < -0.3 is 29.0 Å². The van der Waals surface area contributed by atoms with Crippen LogP contribution in [0.3, 0.4) is 0 Å². The lowest BCUT2D eigenvalue weighted by Crippen LogP contribution is -2.51. The zero-order valence-corrected chi connectivity index (χ0v) is 39.4. The number of pyridine rings is 2. The van der Waals surface area contributed by atoms with Crippen molar-refractivity contribution in [2.24, 2.45) is 5.92 Å². The van der Waals surface area contributed by atoms with Crippen molar-refractivity contribution < 1.29 is 28.8 Å². The Bertz CT molecular complexity index is 3030. The highest BCUT2D eigenvalue weighted by Crippen LogP contribution is 2.60. The zero-order valence-electron chi connectivity index (χ0n) is 38.4. The van der Waals surface area contributed by atoms with Gasteiger partial charge in [0.2, 0.25) is 0 Å². The number of aliphatic hydroxyl groups is 1. The van der Waals surface area contributed by atoms with Crippen LogP contribution in [-0.4, -0.2) is 77.3 Å². The molecule has 1 saturated heterocycles. The number of amides is 1. The van der Waals surface area contributed by atoms with Crippen LogP contribution < -0.4 is 35.4 Å². The molecule has 0 saturated carbocycles. The first-order valence-electron chi connectivity index (χ1n) is 22.4. The number of rotatable bonds is 15. The Labute approximate surface area is 389 Å². The van der Waals surface area contributed by atoms with Crippen molar-refractivity contribution in [3.8, 4) is 28.6 Å². The van der Waals surface area contributed by atoms with E-state index >= 15 is 4.79 Å². The van der Waals surface area contributed by atoms with Gasteiger partial charge in [0.1, 0.15) is 5.75 Å². The molecule has 0 aliphatic carbocycles. The molecule has 3 aromatic heterocycles. The molecule has 2 aliphatic heterocycles. The van der Waals surface area contributed by atoms with Gasteiger partial charge in [-0.1, -0.05) is 85.0 Å².